The van der Waals surface area contributed by atoms with Crippen LogP contribution in [0, 0.1) is 24.7 Å². The molecule has 0 aromatic heterocycles. The predicted molar refractivity (Wildman–Crippen MR) is 89.3 cm³/mol. The third-order valence-electron chi connectivity index (χ3n) is 5.22. The number of anilines is 1. The summed E-state index contributed by atoms with van der Waals surface area (Å²) in [5, 5.41) is 3.32. The molecule has 5 heteroatoms. The van der Waals surface area contributed by atoms with Gasteiger partial charge >= 0.3 is 5.97 Å². The SMILES string of the molecule is Cc1c(Cl)cccc1NC(=O)COC(=O)C[C@H]1C[C@@H]2CC[C@@H]1C2. The molecule has 1 aromatic rings. The summed E-state index contributed by atoms with van der Waals surface area (Å²) in [5.74, 6) is 1.36. The minimum Gasteiger partial charge on any atom is -0.456 e. The first-order valence-electron chi connectivity index (χ1n) is 8.23. The van der Waals surface area contributed by atoms with Gasteiger partial charge in [0.2, 0.25) is 0 Å². The number of benzene rings is 1. The molecule has 2 aliphatic rings. The van der Waals surface area contributed by atoms with Crippen molar-refractivity contribution in [2.45, 2.75) is 39.0 Å². The first kappa shape index (κ1) is 16.3. The van der Waals surface area contributed by atoms with Gasteiger partial charge in [0.05, 0.1) is 0 Å². The van der Waals surface area contributed by atoms with Gasteiger partial charge in [0, 0.05) is 17.1 Å². The van der Waals surface area contributed by atoms with Crippen molar-refractivity contribution in [3.05, 3.63) is 28.8 Å². The van der Waals surface area contributed by atoms with Crippen molar-refractivity contribution in [1.82, 2.24) is 0 Å². The van der Waals surface area contributed by atoms with Gasteiger partial charge in [-0.25, -0.2) is 0 Å². The summed E-state index contributed by atoms with van der Waals surface area (Å²) >= 11 is 6.01. The minimum atomic E-state index is -0.336. The van der Waals surface area contributed by atoms with Crippen LogP contribution in [0.1, 0.15) is 37.7 Å². The molecule has 2 bridgehead atoms. The van der Waals surface area contributed by atoms with E-state index < -0.39 is 0 Å². The molecule has 2 saturated carbocycles. The van der Waals surface area contributed by atoms with Gasteiger partial charge in [0.25, 0.3) is 5.91 Å². The average Bonchev–Trinajstić information content (AvgIpc) is 3.12. The minimum absolute atomic E-state index is 0.244. The molecule has 3 atom stereocenters. The van der Waals surface area contributed by atoms with E-state index in [1.807, 2.05) is 6.92 Å². The first-order valence-corrected chi connectivity index (χ1v) is 8.61. The summed E-state index contributed by atoms with van der Waals surface area (Å²) in [6, 6.07) is 5.31. The highest BCUT2D eigenvalue weighted by Crippen LogP contribution is 2.49. The number of rotatable bonds is 5. The van der Waals surface area contributed by atoms with Gasteiger partial charge in [-0.05, 0) is 61.6 Å². The summed E-state index contributed by atoms with van der Waals surface area (Å²) in [7, 11) is 0. The quantitative estimate of drug-likeness (QED) is 0.829. The molecular weight excluding hydrogens is 314 g/mol. The Morgan fingerprint density at radius 3 is 2.83 bits per heavy atom. The second-order valence-electron chi connectivity index (χ2n) is 6.76. The molecular formula is C18H22ClNO3. The van der Waals surface area contributed by atoms with E-state index in [1.165, 1.54) is 19.3 Å². The maximum Gasteiger partial charge on any atom is 0.306 e. The Labute approximate surface area is 141 Å². The molecule has 1 amide bonds. The Kier molecular flexibility index (Phi) is 4.90. The molecule has 124 valence electrons. The first-order chi connectivity index (χ1) is 11.0. The lowest BCUT2D eigenvalue weighted by Gasteiger charge is -2.20. The number of amides is 1. The van der Waals surface area contributed by atoms with Gasteiger partial charge in [0.15, 0.2) is 6.61 Å². The van der Waals surface area contributed by atoms with Crippen LogP contribution in [0.15, 0.2) is 18.2 Å². The van der Waals surface area contributed by atoms with E-state index in [4.69, 9.17) is 16.3 Å². The van der Waals surface area contributed by atoms with Gasteiger partial charge in [-0.2, -0.15) is 0 Å². The highest BCUT2D eigenvalue weighted by molar-refractivity contribution is 6.31. The zero-order valence-electron chi connectivity index (χ0n) is 13.3. The number of halogens is 1. The second kappa shape index (κ2) is 6.91. The molecule has 0 radical (unpaired) electrons. The lowest BCUT2D eigenvalue weighted by atomic mass is 9.86. The van der Waals surface area contributed by atoms with Crippen LogP contribution < -0.4 is 5.32 Å². The fourth-order valence-corrected chi connectivity index (χ4v) is 4.15. The van der Waals surface area contributed by atoms with Crippen molar-refractivity contribution in [1.29, 1.82) is 0 Å². The number of hydrogen-bond acceptors (Lipinski definition) is 3. The smallest absolute Gasteiger partial charge is 0.306 e. The van der Waals surface area contributed by atoms with Gasteiger partial charge < -0.3 is 10.1 Å². The Morgan fingerprint density at radius 2 is 2.13 bits per heavy atom. The van der Waals surface area contributed by atoms with Crippen LogP contribution in [-0.2, 0) is 14.3 Å². The van der Waals surface area contributed by atoms with Crippen LogP contribution in [0.3, 0.4) is 0 Å². The third kappa shape index (κ3) is 3.86. The number of ether oxygens (including phenoxy) is 1. The predicted octanol–water partition coefficient (Wildman–Crippen LogP) is 3.96. The molecule has 4 nitrogen and oxygen atoms in total. The fraction of sp³-hybridized carbons (Fsp3) is 0.556. The molecule has 2 fully saturated rings. The average molecular weight is 336 g/mol. The number of carbonyl (C=O) groups is 2. The van der Waals surface area contributed by atoms with Crippen molar-refractivity contribution in [3.8, 4) is 0 Å². The molecule has 1 N–H and O–H groups in total. The number of nitrogens with one attached hydrogen (secondary N) is 1. The normalized spacial score (nSPS) is 25.4. The maximum absolute atomic E-state index is 11.9. The van der Waals surface area contributed by atoms with Crippen molar-refractivity contribution in [2.24, 2.45) is 17.8 Å². The standard InChI is InChI=1S/C18H22ClNO3/c1-11-15(19)3-2-4-16(11)20-17(21)10-23-18(22)9-14-8-12-5-6-13(14)7-12/h2-4,12-14H,5-10H2,1H3,(H,20,21)/t12-,13-,14-/m1/s1. The van der Waals surface area contributed by atoms with E-state index in [0.717, 1.165) is 17.9 Å². The largest absolute Gasteiger partial charge is 0.456 e. The third-order valence-corrected chi connectivity index (χ3v) is 5.63. The van der Waals surface area contributed by atoms with Crippen molar-refractivity contribution in [2.75, 3.05) is 11.9 Å². The molecule has 23 heavy (non-hydrogen) atoms. The highest BCUT2D eigenvalue weighted by Gasteiger charge is 2.40. The molecule has 2 aliphatic carbocycles. The molecule has 0 unspecified atom stereocenters. The van der Waals surface area contributed by atoms with Crippen LogP contribution in [0.4, 0.5) is 5.69 Å². The van der Waals surface area contributed by atoms with Crippen molar-refractivity contribution < 1.29 is 14.3 Å². The van der Waals surface area contributed by atoms with Gasteiger partial charge in [-0.1, -0.05) is 24.1 Å². The molecule has 1 aromatic carbocycles. The van der Waals surface area contributed by atoms with E-state index in [0.29, 0.717) is 29.0 Å². The van der Waals surface area contributed by atoms with Crippen molar-refractivity contribution >= 4 is 29.2 Å². The Balaban J connectivity index is 1.43. The van der Waals surface area contributed by atoms with Crippen LogP contribution in [0.25, 0.3) is 0 Å². The van der Waals surface area contributed by atoms with E-state index >= 15 is 0 Å². The molecule has 0 aliphatic heterocycles. The maximum atomic E-state index is 11.9. The van der Waals surface area contributed by atoms with E-state index in [9.17, 15) is 9.59 Å². The zero-order valence-corrected chi connectivity index (χ0v) is 14.1. The van der Waals surface area contributed by atoms with Crippen LogP contribution >= 0.6 is 11.6 Å². The van der Waals surface area contributed by atoms with Gasteiger partial charge in [-0.3, -0.25) is 9.59 Å². The number of esters is 1. The van der Waals surface area contributed by atoms with Crippen LogP contribution in [0.5, 0.6) is 0 Å². The molecule has 0 spiro atoms. The van der Waals surface area contributed by atoms with Crippen LogP contribution in [-0.4, -0.2) is 18.5 Å². The fourth-order valence-electron chi connectivity index (χ4n) is 3.97. The van der Waals surface area contributed by atoms with E-state index in [-0.39, 0.29) is 18.5 Å². The summed E-state index contributed by atoms with van der Waals surface area (Å²) < 4.78 is 5.13. The summed E-state index contributed by atoms with van der Waals surface area (Å²) in [5.41, 5.74) is 1.45. The Hall–Kier alpha value is -1.55. The number of hydrogen-bond donors (Lipinski definition) is 1. The van der Waals surface area contributed by atoms with Crippen LogP contribution in [0.2, 0.25) is 5.02 Å². The number of carbonyl (C=O) groups excluding carboxylic acids is 2. The van der Waals surface area contributed by atoms with E-state index in [2.05, 4.69) is 5.32 Å². The lowest BCUT2D eigenvalue weighted by Crippen LogP contribution is -2.23. The lowest BCUT2D eigenvalue weighted by molar-refractivity contribution is -0.148. The summed E-state index contributed by atoms with van der Waals surface area (Å²) in [4.78, 5) is 23.8. The van der Waals surface area contributed by atoms with Gasteiger partial charge in [0.1, 0.15) is 0 Å². The Bertz CT molecular complexity index is 616. The topological polar surface area (TPSA) is 55.4 Å². The Morgan fingerprint density at radius 1 is 1.30 bits per heavy atom. The molecule has 0 heterocycles. The second-order valence-corrected chi connectivity index (χ2v) is 7.17. The summed E-state index contributed by atoms with van der Waals surface area (Å²) in [6.45, 7) is 1.59. The van der Waals surface area contributed by atoms with E-state index in [1.54, 1.807) is 18.2 Å². The molecule has 3 rings (SSSR count). The monoisotopic (exact) mass is 335 g/mol. The zero-order chi connectivity index (χ0) is 16.4. The number of fused-ring (bicyclic) bond motifs is 2. The molecule has 0 saturated heterocycles. The highest BCUT2D eigenvalue weighted by atomic mass is 35.5. The van der Waals surface area contributed by atoms with Gasteiger partial charge in [-0.15, -0.1) is 0 Å². The summed E-state index contributed by atoms with van der Waals surface area (Å²) in [6.07, 6.45) is 5.43. The van der Waals surface area contributed by atoms with Crippen molar-refractivity contribution in [3.63, 3.8) is 0 Å².